The van der Waals surface area contributed by atoms with Crippen molar-refractivity contribution in [2.24, 2.45) is 0 Å². The van der Waals surface area contributed by atoms with E-state index in [-0.39, 0.29) is 5.69 Å². The zero-order chi connectivity index (χ0) is 10.8. The Balaban J connectivity index is 3.06. The number of hydrogen-bond donors (Lipinski definition) is 1. The number of alkyl halides is 3. The van der Waals surface area contributed by atoms with Gasteiger partial charge in [-0.15, -0.1) is 13.2 Å². The monoisotopic (exact) mass is 204 g/mol. The second-order valence-electron chi connectivity index (χ2n) is 2.25. The average molecular weight is 204 g/mol. The first kappa shape index (κ1) is 10.1. The molecule has 0 fully saturated rings. The van der Waals surface area contributed by atoms with Gasteiger partial charge in [0.15, 0.2) is 5.43 Å². The van der Waals surface area contributed by atoms with Crippen molar-refractivity contribution in [2.75, 3.05) is 0 Å². The lowest BCUT2D eigenvalue weighted by Crippen LogP contribution is -2.19. The lowest BCUT2D eigenvalue weighted by molar-refractivity contribution is -0.276. The molecule has 7 heteroatoms. The van der Waals surface area contributed by atoms with Gasteiger partial charge in [0.25, 0.3) is 0 Å². The van der Waals surface area contributed by atoms with Gasteiger partial charge in [0, 0.05) is 12.1 Å². The summed E-state index contributed by atoms with van der Waals surface area (Å²) in [5, 5.41) is 8.33. The lowest BCUT2D eigenvalue weighted by Gasteiger charge is -2.07. The van der Waals surface area contributed by atoms with Crippen molar-refractivity contribution in [3.8, 4) is 11.9 Å². The number of halogens is 3. The number of rotatable bonds is 1. The van der Waals surface area contributed by atoms with Crippen molar-refractivity contribution in [1.29, 1.82) is 5.26 Å². The van der Waals surface area contributed by atoms with Crippen molar-refractivity contribution in [3.05, 3.63) is 28.0 Å². The van der Waals surface area contributed by atoms with Crippen LogP contribution in [-0.2, 0) is 0 Å². The summed E-state index contributed by atoms with van der Waals surface area (Å²) < 4.78 is 38.5. The highest BCUT2D eigenvalue weighted by atomic mass is 19.4. The van der Waals surface area contributed by atoms with Crippen molar-refractivity contribution in [2.45, 2.75) is 6.36 Å². The molecule has 4 nitrogen and oxygen atoms in total. The van der Waals surface area contributed by atoms with Crippen LogP contribution in [0.3, 0.4) is 0 Å². The van der Waals surface area contributed by atoms with E-state index in [4.69, 9.17) is 5.26 Å². The van der Waals surface area contributed by atoms with E-state index in [0.29, 0.717) is 6.07 Å². The molecule has 0 aromatic carbocycles. The molecule has 0 spiro atoms. The Hall–Kier alpha value is -1.97. The molecule has 74 valence electrons. The fourth-order valence-corrected chi connectivity index (χ4v) is 0.758. The van der Waals surface area contributed by atoms with Crippen LogP contribution in [0.25, 0.3) is 0 Å². The van der Waals surface area contributed by atoms with E-state index in [2.05, 4.69) is 4.74 Å². The summed E-state index contributed by atoms with van der Waals surface area (Å²) in [6, 6.07) is 2.96. The average Bonchev–Trinajstić information content (AvgIpc) is 1.99. The lowest BCUT2D eigenvalue weighted by atomic mass is 10.4. The van der Waals surface area contributed by atoms with Crippen LogP contribution < -0.4 is 10.2 Å². The first-order valence-corrected chi connectivity index (χ1v) is 3.31. The number of H-pyrrole nitrogens is 1. The molecule has 1 heterocycles. The highest BCUT2D eigenvalue weighted by molar-refractivity contribution is 5.24. The maximum atomic E-state index is 11.7. The van der Waals surface area contributed by atoms with E-state index in [9.17, 15) is 18.0 Å². The first-order chi connectivity index (χ1) is 6.40. The Morgan fingerprint density at radius 2 is 2.07 bits per heavy atom. The number of nitrogens with zero attached hydrogens (tertiary/aromatic N) is 1. The smallest absolute Gasteiger partial charge is 0.390 e. The van der Waals surface area contributed by atoms with Crippen LogP contribution in [0.15, 0.2) is 16.9 Å². The summed E-state index contributed by atoms with van der Waals surface area (Å²) >= 11 is 0. The summed E-state index contributed by atoms with van der Waals surface area (Å²) in [5.41, 5.74) is -1.03. The second kappa shape index (κ2) is 3.41. The van der Waals surface area contributed by atoms with Gasteiger partial charge < -0.3 is 9.72 Å². The highest BCUT2D eigenvalue weighted by Gasteiger charge is 2.31. The minimum Gasteiger partial charge on any atom is -0.390 e. The zero-order valence-corrected chi connectivity index (χ0v) is 6.55. The fourth-order valence-electron chi connectivity index (χ4n) is 0.758. The molecule has 1 N–H and O–H groups in total. The molecule has 1 aromatic rings. The van der Waals surface area contributed by atoms with Crippen molar-refractivity contribution < 1.29 is 17.9 Å². The van der Waals surface area contributed by atoms with Crippen LogP contribution in [-0.4, -0.2) is 11.3 Å². The van der Waals surface area contributed by atoms with Gasteiger partial charge in [0.2, 0.25) is 5.88 Å². The maximum absolute atomic E-state index is 11.7. The zero-order valence-electron chi connectivity index (χ0n) is 6.55. The third kappa shape index (κ3) is 2.82. The SMILES string of the molecule is N#Cc1cc(=O)cc(OC(F)(F)F)[nH]1. The molecule has 0 saturated carbocycles. The molecule has 0 aliphatic carbocycles. The Morgan fingerprint density at radius 3 is 2.57 bits per heavy atom. The number of pyridine rings is 1. The highest BCUT2D eigenvalue weighted by Crippen LogP contribution is 2.19. The quantitative estimate of drug-likeness (QED) is 0.745. The third-order valence-corrected chi connectivity index (χ3v) is 1.16. The molecule has 0 unspecified atom stereocenters. The summed E-state index contributed by atoms with van der Waals surface area (Å²) in [6.45, 7) is 0. The Labute approximate surface area is 75.5 Å². The van der Waals surface area contributed by atoms with E-state index in [0.717, 1.165) is 6.07 Å². The van der Waals surface area contributed by atoms with Crippen LogP contribution in [0, 0.1) is 11.3 Å². The number of hydrogen-bond acceptors (Lipinski definition) is 3. The molecule has 0 atom stereocenters. The van der Waals surface area contributed by atoms with Crippen LogP contribution in [0.1, 0.15) is 5.69 Å². The Bertz CT molecular complexity index is 430. The van der Waals surface area contributed by atoms with Gasteiger partial charge in [-0.2, -0.15) is 5.26 Å². The van der Waals surface area contributed by atoms with E-state index >= 15 is 0 Å². The van der Waals surface area contributed by atoms with Gasteiger partial charge in [-0.3, -0.25) is 4.79 Å². The van der Waals surface area contributed by atoms with Gasteiger partial charge in [0.1, 0.15) is 11.8 Å². The Kier molecular flexibility index (Phi) is 2.47. The van der Waals surface area contributed by atoms with Gasteiger partial charge in [-0.05, 0) is 0 Å². The van der Waals surface area contributed by atoms with Crippen molar-refractivity contribution in [3.63, 3.8) is 0 Å². The number of aromatic nitrogens is 1. The second-order valence-corrected chi connectivity index (χ2v) is 2.25. The van der Waals surface area contributed by atoms with E-state index in [1.54, 1.807) is 0 Å². The van der Waals surface area contributed by atoms with E-state index in [1.807, 2.05) is 4.98 Å². The molecule has 1 aromatic heterocycles. The minimum absolute atomic E-state index is 0.295. The minimum atomic E-state index is -4.89. The molecule has 0 bridgehead atoms. The fraction of sp³-hybridized carbons (Fsp3) is 0.143. The first-order valence-electron chi connectivity index (χ1n) is 3.31. The number of nitrogens with one attached hydrogen (secondary N) is 1. The van der Waals surface area contributed by atoms with Crippen LogP contribution in [0.4, 0.5) is 13.2 Å². The third-order valence-electron chi connectivity index (χ3n) is 1.16. The number of aromatic amines is 1. The van der Waals surface area contributed by atoms with Gasteiger partial charge in [0.05, 0.1) is 0 Å². The molecule has 0 radical (unpaired) electrons. The van der Waals surface area contributed by atoms with Gasteiger partial charge in [-0.1, -0.05) is 0 Å². The van der Waals surface area contributed by atoms with Crippen molar-refractivity contribution in [1.82, 2.24) is 4.98 Å². The molecule has 0 amide bonds. The normalized spacial score (nSPS) is 10.7. The molecule has 1 rings (SSSR count). The summed E-state index contributed by atoms with van der Waals surface area (Å²) in [4.78, 5) is 12.7. The van der Waals surface area contributed by atoms with Gasteiger partial charge in [-0.25, -0.2) is 0 Å². The molecule has 0 aliphatic heterocycles. The molecule has 14 heavy (non-hydrogen) atoms. The summed E-state index contributed by atoms with van der Waals surface area (Å²) in [6.07, 6.45) is -4.89. The number of ether oxygens (including phenoxy) is 1. The number of nitriles is 1. The summed E-state index contributed by atoms with van der Waals surface area (Å²) in [5.74, 6) is -0.804. The van der Waals surface area contributed by atoms with Crippen LogP contribution in [0.2, 0.25) is 0 Å². The Morgan fingerprint density at radius 1 is 1.43 bits per heavy atom. The standard InChI is InChI=1S/C7H3F3N2O2/c8-7(9,10)14-6-2-5(13)1-4(3-11)12-6/h1-2H,(H,12,13). The van der Waals surface area contributed by atoms with Crippen LogP contribution >= 0.6 is 0 Å². The van der Waals surface area contributed by atoms with E-state index in [1.165, 1.54) is 6.07 Å². The van der Waals surface area contributed by atoms with E-state index < -0.39 is 17.7 Å². The molecule has 0 aliphatic rings. The predicted molar refractivity (Wildman–Crippen MR) is 38.5 cm³/mol. The largest absolute Gasteiger partial charge is 0.574 e. The predicted octanol–water partition coefficient (Wildman–Crippen LogP) is 1.15. The molecular formula is C7H3F3N2O2. The summed E-state index contributed by atoms with van der Waals surface area (Å²) in [7, 11) is 0. The van der Waals surface area contributed by atoms with Gasteiger partial charge >= 0.3 is 6.36 Å². The maximum Gasteiger partial charge on any atom is 0.574 e. The molecular weight excluding hydrogens is 201 g/mol. The molecule has 0 saturated heterocycles. The van der Waals surface area contributed by atoms with Crippen LogP contribution in [0.5, 0.6) is 5.88 Å². The van der Waals surface area contributed by atoms with Crippen molar-refractivity contribution >= 4 is 0 Å². The topological polar surface area (TPSA) is 65.9 Å².